The van der Waals surface area contributed by atoms with Gasteiger partial charge in [-0.05, 0) is 17.8 Å². The van der Waals surface area contributed by atoms with E-state index in [0.717, 1.165) is 5.69 Å². The van der Waals surface area contributed by atoms with Gasteiger partial charge in [0.25, 0.3) is 0 Å². The molecule has 7 heteroatoms. The number of nitro groups is 1. The Kier molecular flexibility index (Phi) is 3.65. The lowest BCUT2D eigenvalue weighted by Crippen LogP contribution is -2.17. The van der Waals surface area contributed by atoms with Gasteiger partial charge in [0.15, 0.2) is 0 Å². The van der Waals surface area contributed by atoms with Gasteiger partial charge in [0, 0.05) is 12.6 Å². The number of nitrogens with one attached hydrogen (secondary N) is 1. The van der Waals surface area contributed by atoms with Crippen LogP contribution in [0.4, 0.5) is 5.82 Å². The summed E-state index contributed by atoms with van der Waals surface area (Å²) in [6, 6.07) is 2.11. The van der Waals surface area contributed by atoms with Gasteiger partial charge in [0.1, 0.15) is 0 Å². The van der Waals surface area contributed by atoms with Crippen LogP contribution in [0.2, 0.25) is 0 Å². The van der Waals surface area contributed by atoms with Gasteiger partial charge >= 0.3 is 5.82 Å². The molecule has 15 heavy (non-hydrogen) atoms. The molecule has 0 aliphatic heterocycles. The highest BCUT2D eigenvalue weighted by atomic mass is 35.5. The fraction of sp³-hybridized carbons (Fsp3) is 0.625. The van der Waals surface area contributed by atoms with Crippen LogP contribution in [-0.4, -0.2) is 20.7 Å². The monoisotopic (exact) mass is 232 g/mol. The van der Waals surface area contributed by atoms with E-state index in [2.05, 4.69) is 10.4 Å². The summed E-state index contributed by atoms with van der Waals surface area (Å²) in [6.45, 7) is 0.655. The fourth-order valence-corrected chi connectivity index (χ4v) is 1.28. The molecule has 0 radical (unpaired) electrons. The number of hydrogen-bond donors (Lipinski definition) is 1. The second-order valence-electron chi connectivity index (χ2n) is 3.53. The Morgan fingerprint density at radius 2 is 2.40 bits per heavy atom. The Labute approximate surface area is 93.2 Å². The molecular weight excluding hydrogens is 220 g/mol. The third-order valence-electron chi connectivity index (χ3n) is 2.30. The van der Waals surface area contributed by atoms with Gasteiger partial charge in [-0.1, -0.05) is 0 Å². The first-order valence-electron chi connectivity index (χ1n) is 4.57. The Morgan fingerprint density at radius 3 is 2.87 bits per heavy atom. The zero-order chi connectivity index (χ0) is 10.1. The molecule has 0 unspecified atom stereocenters. The van der Waals surface area contributed by atoms with Crippen LogP contribution in [0.25, 0.3) is 0 Å². The summed E-state index contributed by atoms with van der Waals surface area (Å²) in [5.74, 6) is -0.0832. The van der Waals surface area contributed by atoms with Gasteiger partial charge in [-0.3, -0.25) is 0 Å². The van der Waals surface area contributed by atoms with Gasteiger partial charge in [0.05, 0.1) is 23.9 Å². The van der Waals surface area contributed by atoms with Gasteiger partial charge in [-0.25, -0.2) is 0 Å². The SMILES string of the molecule is Cl.Cn1nc([N+](=O)[O-])cc1CNC1CC1. The first kappa shape index (κ1) is 11.9. The Hall–Kier alpha value is -1.14. The van der Waals surface area contributed by atoms with E-state index in [4.69, 9.17) is 0 Å². The molecule has 0 aromatic carbocycles. The molecule has 1 aromatic rings. The number of halogens is 1. The number of nitrogens with zero attached hydrogens (tertiary/aromatic N) is 3. The minimum Gasteiger partial charge on any atom is -0.358 e. The van der Waals surface area contributed by atoms with Gasteiger partial charge < -0.3 is 15.4 Å². The summed E-state index contributed by atoms with van der Waals surface area (Å²) in [7, 11) is 1.72. The molecule has 0 bridgehead atoms. The molecule has 6 nitrogen and oxygen atoms in total. The van der Waals surface area contributed by atoms with Crippen molar-refractivity contribution in [2.45, 2.75) is 25.4 Å². The van der Waals surface area contributed by atoms with Crippen molar-refractivity contribution in [3.05, 3.63) is 21.9 Å². The molecule has 0 saturated heterocycles. The van der Waals surface area contributed by atoms with E-state index >= 15 is 0 Å². The van der Waals surface area contributed by atoms with Crippen molar-refractivity contribution >= 4 is 18.2 Å². The van der Waals surface area contributed by atoms with E-state index < -0.39 is 4.92 Å². The molecule has 1 aromatic heterocycles. The summed E-state index contributed by atoms with van der Waals surface area (Å²) in [5, 5.41) is 17.5. The standard InChI is InChI=1S/C8H12N4O2.ClH/c1-11-7(5-9-6-2-3-6)4-8(10-11)12(13)14;/h4,6,9H,2-3,5H2,1H3;1H. The van der Waals surface area contributed by atoms with Crippen molar-refractivity contribution < 1.29 is 4.92 Å². The van der Waals surface area contributed by atoms with Gasteiger partial charge in [-0.15, -0.1) is 12.4 Å². The lowest BCUT2D eigenvalue weighted by molar-refractivity contribution is -0.389. The number of aromatic nitrogens is 2. The highest BCUT2D eigenvalue weighted by molar-refractivity contribution is 5.85. The lowest BCUT2D eigenvalue weighted by atomic mass is 10.4. The number of aryl methyl sites for hydroxylation is 1. The second kappa shape index (κ2) is 4.59. The molecule has 0 spiro atoms. The smallest absolute Gasteiger partial charge is 0.358 e. The minimum absolute atomic E-state index is 0. The van der Waals surface area contributed by atoms with Crippen LogP contribution in [0.3, 0.4) is 0 Å². The average Bonchev–Trinajstić information content (AvgIpc) is 2.87. The fourth-order valence-electron chi connectivity index (χ4n) is 1.28. The molecule has 0 amide bonds. The van der Waals surface area contributed by atoms with Crippen molar-refractivity contribution in [3.8, 4) is 0 Å². The second-order valence-corrected chi connectivity index (χ2v) is 3.53. The minimum atomic E-state index is -0.472. The van der Waals surface area contributed by atoms with Crippen LogP contribution in [0.5, 0.6) is 0 Å². The van der Waals surface area contributed by atoms with Gasteiger partial charge in [-0.2, -0.15) is 4.68 Å². The predicted octanol–water partition coefficient (Wildman–Crippen LogP) is 1.00. The zero-order valence-corrected chi connectivity index (χ0v) is 9.16. The molecule has 84 valence electrons. The van der Waals surface area contributed by atoms with Crippen LogP contribution in [0.1, 0.15) is 18.5 Å². The first-order valence-corrected chi connectivity index (χ1v) is 4.57. The van der Waals surface area contributed by atoms with E-state index in [1.165, 1.54) is 18.9 Å². The van der Waals surface area contributed by atoms with E-state index in [1.807, 2.05) is 0 Å². The molecule has 1 N–H and O–H groups in total. The summed E-state index contributed by atoms with van der Waals surface area (Å²) >= 11 is 0. The molecule has 1 fully saturated rings. The summed E-state index contributed by atoms with van der Waals surface area (Å²) in [4.78, 5) is 9.95. The Bertz CT molecular complexity index is 362. The maximum Gasteiger partial charge on any atom is 0.390 e. The number of hydrogen-bond acceptors (Lipinski definition) is 4. The Morgan fingerprint density at radius 1 is 1.73 bits per heavy atom. The van der Waals surface area contributed by atoms with Crippen LogP contribution in [0, 0.1) is 10.1 Å². The maximum absolute atomic E-state index is 10.4. The average molecular weight is 233 g/mol. The predicted molar refractivity (Wildman–Crippen MR) is 57.0 cm³/mol. The summed E-state index contributed by atoms with van der Waals surface area (Å²) < 4.78 is 1.55. The van der Waals surface area contributed by atoms with Crippen LogP contribution in [-0.2, 0) is 13.6 Å². The topological polar surface area (TPSA) is 73.0 Å². The molecule has 1 aliphatic rings. The highest BCUT2D eigenvalue weighted by Gasteiger charge is 2.22. The Balaban J connectivity index is 0.00000112. The molecule has 2 rings (SSSR count). The summed E-state index contributed by atoms with van der Waals surface area (Å²) in [6.07, 6.45) is 2.42. The quantitative estimate of drug-likeness (QED) is 0.621. The molecule has 1 heterocycles. The van der Waals surface area contributed by atoms with Crippen molar-refractivity contribution in [3.63, 3.8) is 0 Å². The first-order chi connectivity index (χ1) is 6.66. The van der Waals surface area contributed by atoms with E-state index in [-0.39, 0.29) is 18.2 Å². The van der Waals surface area contributed by atoms with Crippen LogP contribution in [0.15, 0.2) is 6.07 Å². The van der Waals surface area contributed by atoms with E-state index in [1.54, 1.807) is 11.7 Å². The third-order valence-corrected chi connectivity index (χ3v) is 2.30. The zero-order valence-electron chi connectivity index (χ0n) is 8.34. The third kappa shape index (κ3) is 2.90. The summed E-state index contributed by atoms with van der Waals surface area (Å²) in [5.41, 5.74) is 0.851. The molecule has 1 saturated carbocycles. The van der Waals surface area contributed by atoms with Crippen LogP contribution < -0.4 is 5.32 Å². The maximum atomic E-state index is 10.4. The van der Waals surface area contributed by atoms with Crippen LogP contribution >= 0.6 is 12.4 Å². The number of rotatable bonds is 4. The van der Waals surface area contributed by atoms with Crippen molar-refractivity contribution in [2.75, 3.05) is 0 Å². The normalized spacial score (nSPS) is 14.7. The van der Waals surface area contributed by atoms with Crippen molar-refractivity contribution in [2.24, 2.45) is 7.05 Å². The van der Waals surface area contributed by atoms with Gasteiger partial charge in [0.2, 0.25) is 0 Å². The lowest BCUT2D eigenvalue weighted by Gasteiger charge is -1.99. The molecular formula is C8H13ClN4O2. The molecule has 1 aliphatic carbocycles. The van der Waals surface area contributed by atoms with E-state index in [0.29, 0.717) is 12.6 Å². The van der Waals surface area contributed by atoms with Crippen molar-refractivity contribution in [1.29, 1.82) is 0 Å². The largest absolute Gasteiger partial charge is 0.390 e. The molecule has 0 atom stereocenters. The van der Waals surface area contributed by atoms with E-state index in [9.17, 15) is 10.1 Å². The van der Waals surface area contributed by atoms with Crippen molar-refractivity contribution in [1.82, 2.24) is 15.1 Å². The highest BCUT2D eigenvalue weighted by Crippen LogP contribution is 2.19.